The van der Waals surface area contributed by atoms with Gasteiger partial charge in [0.05, 0.1) is 11.6 Å². The number of aromatic nitrogens is 1. The molecule has 0 spiro atoms. The average molecular weight is 324 g/mol. The zero-order valence-corrected chi connectivity index (χ0v) is 11.6. The minimum absolute atomic E-state index is 0.0210. The van der Waals surface area contributed by atoms with Crippen molar-refractivity contribution in [2.45, 2.75) is 6.54 Å². The van der Waals surface area contributed by atoms with Crippen LogP contribution in [0.4, 0.5) is 5.82 Å². The third-order valence-corrected chi connectivity index (χ3v) is 3.58. The number of benzene rings is 1. The van der Waals surface area contributed by atoms with Crippen molar-refractivity contribution < 1.29 is 4.79 Å². The third-order valence-electron chi connectivity index (χ3n) is 2.86. The predicted molar refractivity (Wildman–Crippen MR) is 73.9 cm³/mol. The Morgan fingerprint density at radius 2 is 2.11 bits per heavy atom. The SMILES string of the molecule is O=C1c2ccc(Br)cc2CN1c1ccc(Cl)cn1. The third kappa shape index (κ3) is 1.91. The van der Waals surface area contributed by atoms with Gasteiger partial charge in [0.15, 0.2) is 0 Å². The number of hydrogen-bond donors (Lipinski definition) is 0. The van der Waals surface area contributed by atoms with Gasteiger partial charge < -0.3 is 0 Å². The number of hydrogen-bond acceptors (Lipinski definition) is 2. The molecule has 90 valence electrons. The molecule has 0 unspecified atom stereocenters. The van der Waals surface area contributed by atoms with Gasteiger partial charge in [-0.25, -0.2) is 4.98 Å². The van der Waals surface area contributed by atoms with E-state index in [0.717, 1.165) is 15.6 Å². The van der Waals surface area contributed by atoms with Crippen molar-refractivity contribution in [1.29, 1.82) is 0 Å². The van der Waals surface area contributed by atoms with E-state index in [4.69, 9.17) is 11.6 Å². The van der Waals surface area contributed by atoms with Crippen LogP contribution in [-0.2, 0) is 6.54 Å². The van der Waals surface area contributed by atoms with E-state index in [9.17, 15) is 4.79 Å². The van der Waals surface area contributed by atoms with Gasteiger partial charge in [-0.3, -0.25) is 9.69 Å². The maximum absolute atomic E-state index is 12.2. The van der Waals surface area contributed by atoms with Crippen LogP contribution in [0.3, 0.4) is 0 Å². The maximum Gasteiger partial charge on any atom is 0.260 e. The summed E-state index contributed by atoms with van der Waals surface area (Å²) in [4.78, 5) is 18.1. The monoisotopic (exact) mass is 322 g/mol. The molecule has 2 heterocycles. The molecule has 0 saturated carbocycles. The van der Waals surface area contributed by atoms with E-state index in [1.807, 2.05) is 18.2 Å². The first-order valence-corrected chi connectivity index (χ1v) is 6.54. The predicted octanol–water partition coefficient (Wildman–Crippen LogP) is 3.66. The number of rotatable bonds is 1. The summed E-state index contributed by atoms with van der Waals surface area (Å²) in [5.41, 5.74) is 1.74. The lowest BCUT2D eigenvalue weighted by Gasteiger charge is -2.13. The van der Waals surface area contributed by atoms with Crippen molar-refractivity contribution in [3.8, 4) is 0 Å². The highest BCUT2D eigenvalue weighted by Crippen LogP contribution is 2.29. The van der Waals surface area contributed by atoms with Gasteiger partial charge in [0.25, 0.3) is 5.91 Å². The Kier molecular flexibility index (Phi) is 2.84. The molecule has 1 aliphatic heterocycles. The molecule has 1 amide bonds. The van der Waals surface area contributed by atoms with Gasteiger partial charge in [0.2, 0.25) is 0 Å². The molecule has 0 N–H and O–H groups in total. The second-order valence-electron chi connectivity index (χ2n) is 4.03. The Balaban J connectivity index is 1.99. The molecule has 2 aromatic rings. The molecule has 0 fully saturated rings. The van der Waals surface area contributed by atoms with Crippen LogP contribution >= 0.6 is 27.5 Å². The van der Waals surface area contributed by atoms with Gasteiger partial charge in [-0.2, -0.15) is 0 Å². The standard InChI is InChI=1S/C13H8BrClN2O/c14-9-1-3-11-8(5-9)7-17(13(11)18)12-4-2-10(15)6-16-12/h1-6H,7H2. The first kappa shape index (κ1) is 11.7. The van der Waals surface area contributed by atoms with E-state index < -0.39 is 0 Å². The van der Waals surface area contributed by atoms with Gasteiger partial charge in [-0.05, 0) is 35.9 Å². The fourth-order valence-electron chi connectivity index (χ4n) is 2.00. The summed E-state index contributed by atoms with van der Waals surface area (Å²) >= 11 is 9.20. The van der Waals surface area contributed by atoms with Crippen molar-refractivity contribution in [3.05, 3.63) is 57.2 Å². The van der Waals surface area contributed by atoms with Crippen LogP contribution in [-0.4, -0.2) is 10.9 Å². The zero-order valence-electron chi connectivity index (χ0n) is 9.23. The average Bonchev–Trinajstić information content (AvgIpc) is 2.67. The Bertz CT molecular complexity index is 627. The lowest BCUT2D eigenvalue weighted by molar-refractivity contribution is 0.0996. The van der Waals surface area contributed by atoms with E-state index in [0.29, 0.717) is 17.4 Å². The quantitative estimate of drug-likeness (QED) is 0.802. The number of fused-ring (bicyclic) bond motifs is 1. The van der Waals surface area contributed by atoms with Gasteiger partial charge in [0, 0.05) is 16.2 Å². The van der Waals surface area contributed by atoms with E-state index in [2.05, 4.69) is 20.9 Å². The van der Waals surface area contributed by atoms with Crippen LogP contribution in [0.5, 0.6) is 0 Å². The number of carbonyl (C=O) groups is 1. The summed E-state index contributed by atoms with van der Waals surface area (Å²) in [7, 11) is 0. The second kappa shape index (κ2) is 4.37. The van der Waals surface area contributed by atoms with Gasteiger partial charge in [0.1, 0.15) is 5.82 Å². The minimum atomic E-state index is -0.0210. The van der Waals surface area contributed by atoms with Gasteiger partial charge in [-0.15, -0.1) is 0 Å². The Morgan fingerprint density at radius 1 is 1.28 bits per heavy atom. The number of halogens is 2. The minimum Gasteiger partial charge on any atom is -0.288 e. The lowest BCUT2D eigenvalue weighted by atomic mass is 10.1. The molecule has 0 aliphatic carbocycles. The number of carbonyl (C=O) groups excluding carboxylic acids is 1. The number of anilines is 1. The summed E-state index contributed by atoms with van der Waals surface area (Å²) in [5.74, 6) is 0.601. The summed E-state index contributed by atoms with van der Waals surface area (Å²) in [6.07, 6.45) is 1.54. The molecule has 0 saturated heterocycles. The molecule has 0 atom stereocenters. The van der Waals surface area contributed by atoms with Gasteiger partial charge in [-0.1, -0.05) is 27.5 Å². The first-order valence-electron chi connectivity index (χ1n) is 5.37. The molecule has 0 bridgehead atoms. The summed E-state index contributed by atoms with van der Waals surface area (Å²) < 4.78 is 0.972. The maximum atomic E-state index is 12.2. The first-order chi connectivity index (χ1) is 8.65. The topological polar surface area (TPSA) is 33.2 Å². The Morgan fingerprint density at radius 3 is 2.83 bits per heavy atom. The van der Waals surface area contributed by atoms with E-state index in [1.165, 1.54) is 0 Å². The molecule has 18 heavy (non-hydrogen) atoms. The summed E-state index contributed by atoms with van der Waals surface area (Å²) in [6.45, 7) is 0.544. The molecule has 1 aliphatic rings. The smallest absolute Gasteiger partial charge is 0.260 e. The number of pyridine rings is 1. The van der Waals surface area contributed by atoms with Crippen LogP contribution < -0.4 is 4.90 Å². The zero-order chi connectivity index (χ0) is 12.7. The fraction of sp³-hybridized carbons (Fsp3) is 0.0769. The van der Waals surface area contributed by atoms with Crippen LogP contribution in [0.15, 0.2) is 41.0 Å². The highest BCUT2D eigenvalue weighted by atomic mass is 79.9. The normalized spacial score (nSPS) is 13.9. The fourth-order valence-corrected chi connectivity index (χ4v) is 2.52. The molecule has 3 nitrogen and oxygen atoms in total. The van der Waals surface area contributed by atoms with Gasteiger partial charge >= 0.3 is 0 Å². The van der Waals surface area contributed by atoms with Crippen LogP contribution in [0.1, 0.15) is 15.9 Å². The summed E-state index contributed by atoms with van der Waals surface area (Å²) in [5, 5.41) is 0.561. The molecular formula is C13H8BrClN2O. The number of nitrogens with zero attached hydrogens (tertiary/aromatic N) is 2. The highest BCUT2D eigenvalue weighted by molar-refractivity contribution is 9.10. The molecule has 3 rings (SSSR count). The Hall–Kier alpha value is -1.39. The van der Waals surface area contributed by atoms with Crippen LogP contribution in [0.25, 0.3) is 0 Å². The van der Waals surface area contributed by atoms with E-state index >= 15 is 0 Å². The largest absolute Gasteiger partial charge is 0.288 e. The molecule has 1 aromatic heterocycles. The Labute approximate surface area is 118 Å². The summed E-state index contributed by atoms with van der Waals surface area (Å²) in [6, 6.07) is 9.15. The van der Waals surface area contributed by atoms with E-state index in [1.54, 1.807) is 23.2 Å². The van der Waals surface area contributed by atoms with Crippen molar-refractivity contribution in [1.82, 2.24) is 4.98 Å². The lowest BCUT2D eigenvalue weighted by Crippen LogP contribution is -2.23. The van der Waals surface area contributed by atoms with Crippen molar-refractivity contribution >= 4 is 39.3 Å². The molecule has 0 radical (unpaired) electrons. The van der Waals surface area contributed by atoms with Crippen molar-refractivity contribution in [3.63, 3.8) is 0 Å². The van der Waals surface area contributed by atoms with E-state index in [-0.39, 0.29) is 5.91 Å². The molecular weight excluding hydrogens is 316 g/mol. The number of amides is 1. The highest BCUT2D eigenvalue weighted by Gasteiger charge is 2.29. The molecule has 1 aromatic carbocycles. The van der Waals surface area contributed by atoms with Crippen molar-refractivity contribution in [2.24, 2.45) is 0 Å². The van der Waals surface area contributed by atoms with Crippen LogP contribution in [0.2, 0.25) is 5.02 Å². The van der Waals surface area contributed by atoms with Crippen LogP contribution in [0, 0.1) is 0 Å². The second-order valence-corrected chi connectivity index (χ2v) is 5.38. The molecule has 5 heteroatoms. The van der Waals surface area contributed by atoms with Crippen molar-refractivity contribution in [2.75, 3.05) is 4.90 Å².